The third kappa shape index (κ3) is 6.40. The molecule has 1 amide bonds. The molecule has 0 radical (unpaired) electrons. The SMILES string of the molecule is CSc1ccc(CNC(=O)c2cc(Br)ccc2OCCC(C)C)cc1. The standard InChI is InChI=1S/C20H24BrNO2S/c1-14(2)10-11-24-19-9-6-16(21)12-18(19)20(23)22-13-15-4-7-17(25-3)8-5-15/h4-9,12,14H,10-11,13H2,1-3H3,(H,22,23). The molecular weight excluding hydrogens is 398 g/mol. The third-order valence-electron chi connectivity index (χ3n) is 3.75. The van der Waals surface area contributed by atoms with Crippen molar-refractivity contribution in [2.45, 2.75) is 31.7 Å². The van der Waals surface area contributed by atoms with Crippen molar-refractivity contribution in [3.63, 3.8) is 0 Å². The van der Waals surface area contributed by atoms with E-state index in [1.54, 1.807) is 17.8 Å². The molecule has 0 fully saturated rings. The first-order valence-electron chi connectivity index (χ1n) is 8.33. The van der Waals surface area contributed by atoms with Gasteiger partial charge in [0.15, 0.2) is 0 Å². The Bertz CT molecular complexity index is 701. The van der Waals surface area contributed by atoms with E-state index in [4.69, 9.17) is 4.74 Å². The lowest BCUT2D eigenvalue weighted by Crippen LogP contribution is -2.23. The molecule has 0 saturated heterocycles. The quantitative estimate of drug-likeness (QED) is 0.569. The highest BCUT2D eigenvalue weighted by atomic mass is 79.9. The zero-order valence-electron chi connectivity index (χ0n) is 14.8. The van der Waals surface area contributed by atoms with Crippen LogP contribution in [0.25, 0.3) is 0 Å². The molecule has 2 aromatic carbocycles. The number of nitrogens with one attached hydrogen (secondary N) is 1. The van der Waals surface area contributed by atoms with Gasteiger partial charge in [-0.3, -0.25) is 4.79 Å². The van der Waals surface area contributed by atoms with E-state index in [-0.39, 0.29) is 5.91 Å². The van der Waals surface area contributed by atoms with Gasteiger partial charge in [-0.1, -0.05) is 41.9 Å². The second kappa shape index (κ2) is 9.88. The molecule has 0 unspecified atom stereocenters. The van der Waals surface area contributed by atoms with Crippen LogP contribution in [0, 0.1) is 5.92 Å². The molecule has 0 atom stereocenters. The number of carbonyl (C=O) groups is 1. The summed E-state index contributed by atoms with van der Waals surface area (Å²) in [6.07, 6.45) is 3.00. The summed E-state index contributed by atoms with van der Waals surface area (Å²) in [5, 5.41) is 2.97. The van der Waals surface area contributed by atoms with Crippen molar-refractivity contribution in [1.29, 1.82) is 0 Å². The van der Waals surface area contributed by atoms with Gasteiger partial charge in [-0.15, -0.1) is 11.8 Å². The lowest BCUT2D eigenvalue weighted by molar-refractivity contribution is 0.0946. The Labute approximate surface area is 162 Å². The number of hydrogen-bond donors (Lipinski definition) is 1. The molecule has 25 heavy (non-hydrogen) atoms. The molecule has 2 rings (SSSR count). The molecule has 0 bridgehead atoms. The Morgan fingerprint density at radius 3 is 2.56 bits per heavy atom. The minimum atomic E-state index is -0.130. The average Bonchev–Trinajstić information content (AvgIpc) is 2.61. The number of thioether (sulfide) groups is 1. The van der Waals surface area contributed by atoms with Gasteiger partial charge >= 0.3 is 0 Å². The Kier molecular flexibility index (Phi) is 7.85. The Morgan fingerprint density at radius 2 is 1.92 bits per heavy atom. The van der Waals surface area contributed by atoms with Gasteiger partial charge < -0.3 is 10.1 Å². The molecular formula is C20H24BrNO2S. The van der Waals surface area contributed by atoms with E-state index in [1.165, 1.54) is 4.90 Å². The molecule has 0 aliphatic rings. The van der Waals surface area contributed by atoms with Crippen molar-refractivity contribution in [3.05, 3.63) is 58.1 Å². The van der Waals surface area contributed by atoms with E-state index < -0.39 is 0 Å². The first-order chi connectivity index (χ1) is 12.0. The van der Waals surface area contributed by atoms with Gasteiger partial charge in [-0.2, -0.15) is 0 Å². The Balaban J connectivity index is 2.02. The van der Waals surface area contributed by atoms with Crippen LogP contribution >= 0.6 is 27.7 Å². The predicted molar refractivity (Wildman–Crippen MR) is 108 cm³/mol. The summed E-state index contributed by atoms with van der Waals surface area (Å²) in [5.41, 5.74) is 1.63. The van der Waals surface area contributed by atoms with Gasteiger partial charge in [0.2, 0.25) is 0 Å². The topological polar surface area (TPSA) is 38.3 Å². The van der Waals surface area contributed by atoms with Crippen molar-refractivity contribution in [1.82, 2.24) is 5.32 Å². The van der Waals surface area contributed by atoms with E-state index >= 15 is 0 Å². The van der Waals surface area contributed by atoms with Gasteiger partial charge in [-0.05, 0) is 54.5 Å². The summed E-state index contributed by atoms with van der Waals surface area (Å²) in [7, 11) is 0. The van der Waals surface area contributed by atoms with Crippen LogP contribution in [-0.4, -0.2) is 18.8 Å². The van der Waals surface area contributed by atoms with Crippen molar-refractivity contribution < 1.29 is 9.53 Å². The number of rotatable bonds is 8. The molecule has 0 heterocycles. The van der Waals surface area contributed by atoms with E-state index in [9.17, 15) is 4.79 Å². The van der Waals surface area contributed by atoms with Crippen LogP contribution < -0.4 is 10.1 Å². The second-order valence-corrected chi connectivity index (χ2v) is 8.00. The van der Waals surface area contributed by atoms with Gasteiger partial charge in [0.1, 0.15) is 5.75 Å². The van der Waals surface area contributed by atoms with Crippen molar-refractivity contribution in [2.75, 3.05) is 12.9 Å². The molecule has 0 aliphatic carbocycles. The Morgan fingerprint density at radius 1 is 1.20 bits per heavy atom. The number of hydrogen-bond acceptors (Lipinski definition) is 3. The minimum absolute atomic E-state index is 0.130. The van der Waals surface area contributed by atoms with E-state index in [0.29, 0.717) is 30.4 Å². The summed E-state index contributed by atoms with van der Waals surface area (Å²) in [6, 6.07) is 13.7. The van der Waals surface area contributed by atoms with Crippen molar-refractivity contribution in [2.24, 2.45) is 5.92 Å². The molecule has 0 aromatic heterocycles. The van der Waals surface area contributed by atoms with Gasteiger partial charge in [0.05, 0.1) is 12.2 Å². The fourth-order valence-corrected chi connectivity index (χ4v) is 3.00. The van der Waals surface area contributed by atoms with Gasteiger partial charge in [-0.25, -0.2) is 0 Å². The maximum Gasteiger partial charge on any atom is 0.255 e. The number of amides is 1. The van der Waals surface area contributed by atoms with E-state index in [2.05, 4.69) is 47.2 Å². The summed E-state index contributed by atoms with van der Waals surface area (Å²) in [5.74, 6) is 1.06. The van der Waals surface area contributed by atoms with E-state index in [1.807, 2.05) is 30.5 Å². The highest BCUT2D eigenvalue weighted by molar-refractivity contribution is 9.10. The minimum Gasteiger partial charge on any atom is -0.493 e. The summed E-state index contributed by atoms with van der Waals surface area (Å²) >= 11 is 5.13. The molecule has 5 heteroatoms. The predicted octanol–water partition coefficient (Wildman–Crippen LogP) is 5.53. The fourth-order valence-electron chi connectivity index (χ4n) is 2.23. The highest BCUT2D eigenvalue weighted by Crippen LogP contribution is 2.24. The van der Waals surface area contributed by atoms with Gasteiger partial charge in [0.25, 0.3) is 5.91 Å². The molecule has 1 N–H and O–H groups in total. The highest BCUT2D eigenvalue weighted by Gasteiger charge is 2.13. The van der Waals surface area contributed by atoms with Crippen LogP contribution in [0.1, 0.15) is 36.2 Å². The molecule has 0 spiro atoms. The van der Waals surface area contributed by atoms with E-state index in [0.717, 1.165) is 16.5 Å². The average molecular weight is 422 g/mol. The molecule has 3 nitrogen and oxygen atoms in total. The zero-order valence-corrected chi connectivity index (χ0v) is 17.2. The van der Waals surface area contributed by atoms with Crippen LogP contribution in [0.15, 0.2) is 51.8 Å². The molecule has 134 valence electrons. The van der Waals surface area contributed by atoms with Crippen LogP contribution in [0.2, 0.25) is 0 Å². The Hall–Kier alpha value is -1.46. The van der Waals surface area contributed by atoms with Crippen LogP contribution in [0.5, 0.6) is 5.75 Å². The molecule has 2 aromatic rings. The summed E-state index contributed by atoms with van der Waals surface area (Å²) < 4.78 is 6.68. The number of benzene rings is 2. The van der Waals surface area contributed by atoms with Crippen molar-refractivity contribution >= 4 is 33.6 Å². The number of ether oxygens (including phenoxy) is 1. The lowest BCUT2D eigenvalue weighted by Gasteiger charge is -2.13. The van der Waals surface area contributed by atoms with Crippen LogP contribution in [0.3, 0.4) is 0 Å². The van der Waals surface area contributed by atoms with Crippen LogP contribution in [-0.2, 0) is 6.54 Å². The molecule has 0 aliphatic heterocycles. The molecule has 0 saturated carbocycles. The number of carbonyl (C=O) groups excluding carboxylic acids is 1. The number of halogens is 1. The van der Waals surface area contributed by atoms with Gasteiger partial charge in [0, 0.05) is 15.9 Å². The zero-order chi connectivity index (χ0) is 18.2. The second-order valence-electron chi connectivity index (χ2n) is 6.20. The smallest absolute Gasteiger partial charge is 0.255 e. The fraction of sp³-hybridized carbons (Fsp3) is 0.350. The summed E-state index contributed by atoms with van der Waals surface area (Å²) in [4.78, 5) is 13.8. The largest absolute Gasteiger partial charge is 0.493 e. The lowest BCUT2D eigenvalue weighted by atomic mass is 10.1. The summed E-state index contributed by atoms with van der Waals surface area (Å²) in [6.45, 7) is 5.41. The third-order valence-corrected chi connectivity index (χ3v) is 4.99. The first-order valence-corrected chi connectivity index (χ1v) is 10.3. The van der Waals surface area contributed by atoms with Crippen molar-refractivity contribution in [3.8, 4) is 5.75 Å². The maximum absolute atomic E-state index is 12.6. The van der Waals surface area contributed by atoms with Crippen LogP contribution in [0.4, 0.5) is 0 Å². The maximum atomic E-state index is 12.6. The monoisotopic (exact) mass is 421 g/mol. The normalized spacial score (nSPS) is 10.8. The first kappa shape index (κ1) is 19.9.